The molecular formula is C25H36N6OS. The zero-order valence-electron chi connectivity index (χ0n) is 20.2. The standard InChI is InChI=1S/C25H36N6OS/c1-25(2,3)29-22-16-19(27-17-9-12-30(4)13-10-17)24-18(28-22)15-21(33-24)20-8-11-26-31(20)23-7-5-6-14-32-23/h8,11,15-17,23H,5-7,9-10,12-14H2,1-4H3,(H2,27,28,29). The molecule has 33 heavy (non-hydrogen) atoms. The average molecular weight is 469 g/mol. The Bertz CT molecular complexity index is 1090. The van der Waals surface area contributed by atoms with Crippen LogP contribution in [0.2, 0.25) is 0 Å². The second-order valence-corrected chi connectivity index (χ2v) is 11.5. The van der Waals surface area contributed by atoms with Gasteiger partial charge in [-0.25, -0.2) is 9.67 Å². The molecule has 0 spiro atoms. The highest BCUT2D eigenvalue weighted by Gasteiger charge is 2.23. The Morgan fingerprint density at radius 2 is 1.94 bits per heavy atom. The van der Waals surface area contributed by atoms with E-state index in [4.69, 9.17) is 9.72 Å². The summed E-state index contributed by atoms with van der Waals surface area (Å²) in [6, 6.07) is 6.99. The van der Waals surface area contributed by atoms with Gasteiger partial charge in [0, 0.05) is 30.5 Å². The number of ether oxygens (including phenoxy) is 1. The van der Waals surface area contributed by atoms with Gasteiger partial charge in [0.05, 0.1) is 26.5 Å². The lowest BCUT2D eigenvalue weighted by molar-refractivity contribution is -0.0383. The lowest BCUT2D eigenvalue weighted by atomic mass is 10.1. The molecule has 5 heterocycles. The quantitative estimate of drug-likeness (QED) is 0.510. The first kappa shape index (κ1) is 22.6. The van der Waals surface area contributed by atoms with Crippen molar-refractivity contribution in [3.8, 4) is 10.6 Å². The van der Waals surface area contributed by atoms with Crippen LogP contribution in [0.1, 0.15) is 59.1 Å². The molecule has 0 aromatic carbocycles. The van der Waals surface area contributed by atoms with Crippen molar-refractivity contribution >= 4 is 33.1 Å². The normalized spacial score (nSPS) is 20.9. The van der Waals surface area contributed by atoms with Crippen LogP contribution < -0.4 is 10.6 Å². The number of aromatic nitrogens is 3. The Morgan fingerprint density at radius 3 is 2.67 bits per heavy atom. The van der Waals surface area contributed by atoms with Crippen molar-refractivity contribution < 1.29 is 4.74 Å². The molecule has 2 aliphatic heterocycles. The number of anilines is 2. The summed E-state index contributed by atoms with van der Waals surface area (Å²) in [6.45, 7) is 9.59. The Labute approximate surface area is 200 Å². The molecule has 5 rings (SSSR count). The number of nitrogens with zero attached hydrogens (tertiary/aromatic N) is 4. The predicted molar refractivity (Wildman–Crippen MR) is 137 cm³/mol. The summed E-state index contributed by atoms with van der Waals surface area (Å²) in [7, 11) is 2.21. The zero-order chi connectivity index (χ0) is 23.0. The van der Waals surface area contributed by atoms with Crippen molar-refractivity contribution in [3.63, 3.8) is 0 Å². The summed E-state index contributed by atoms with van der Waals surface area (Å²) in [4.78, 5) is 8.58. The van der Waals surface area contributed by atoms with Gasteiger partial charge in [0.1, 0.15) is 5.82 Å². The summed E-state index contributed by atoms with van der Waals surface area (Å²) in [5.74, 6) is 0.916. The number of fused-ring (bicyclic) bond motifs is 1. The van der Waals surface area contributed by atoms with Gasteiger partial charge >= 0.3 is 0 Å². The molecule has 2 N–H and O–H groups in total. The number of nitrogens with one attached hydrogen (secondary N) is 2. The van der Waals surface area contributed by atoms with Crippen LogP contribution in [-0.2, 0) is 4.74 Å². The van der Waals surface area contributed by atoms with Crippen LogP contribution in [0.3, 0.4) is 0 Å². The molecule has 2 aliphatic rings. The van der Waals surface area contributed by atoms with E-state index in [1.807, 2.05) is 6.20 Å². The minimum absolute atomic E-state index is 0.0249. The van der Waals surface area contributed by atoms with Crippen LogP contribution in [0, 0.1) is 0 Å². The lowest BCUT2D eigenvalue weighted by Gasteiger charge is -2.30. The van der Waals surface area contributed by atoms with Crippen LogP contribution in [0.4, 0.5) is 11.5 Å². The van der Waals surface area contributed by atoms with Gasteiger partial charge in [0.2, 0.25) is 0 Å². The fraction of sp³-hybridized carbons (Fsp3) is 0.600. The first-order chi connectivity index (χ1) is 15.9. The van der Waals surface area contributed by atoms with Crippen LogP contribution >= 0.6 is 11.3 Å². The molecule has 0 saturated carbocycles. The fourth-order valence-corrected chi connectivity index (χ4v) is 5.83. The molecule has 1 unspecified atom stereocenters. The summed E-state index contributed by atoms with van der Waals surface area (Å²) < 4.78 is 9.30. The summed E-state index contributed by atoms with van der Waals surface area (Å²) in [6.07, 6.45) is 7.56. The van der Waals surface area contributed by atoms with Crippen LogP contribution in [-0.4, -0.2) is 58.0 Å². The van der Waals surface area contributed by atoms with Gasteiger partial charge < -0.3 is 20.3 Å². The molecular weight excluding hydrogens is 432 g/mol. The highest BCUT2D eigenvalue weighted by atomic mass is 32.1. The Hall–Kier alpha value is -2.16. The van der Waals surface area contributed by atoms with Gasteiger partial charge in [-0.1, -0.05) is 0 Å². The van der Waals surface area contributed by atoms with Crippen LogP contribution in [0.25, 0.3) is 20.8 Å². The van der Waals surface area contributed by atoms with Gasteiger partial charge in [0.25, 0.3) is 0 Å². The first-order valence-electron chi connectivity index (χ1n) is 12.2. The van der Waals surface area contributed by atoms with Crippen molar-refractivity contribution in [2.75, 3.05) is 37.4 Å². The summed E-state index contributed by atoms with van der Waals surface area (Å²) in [5.41, 5.74) is 3.26. The van der Waals surface area contributed by atoms with Gasteiger partial charge in [-0.15, -0.1) is 11.3 Å². The van der Waals surface area contributed by atoms with E-state index in [1.54, 1.807) is 11.3 Å². The molecule has 3 aromatic heterocycles. The van der Waals surface area contributed by atoms with Gasteiger partial charge in [-0.3, -0.25) is 0 Å². The van der Waals surface area contributed by atoms with Crippen molar-refractivity contribution in [1.82, 2.24) is 19.7 Å². The molecule has 2 fully saturated rings. The second-order valence-electron chi connectivity index (χ2n) is 10.5. The zero-order valence-corrected chi connectivity index (χ0v) is 21.0. The van der Waals surface area contributed by atoms with Gasteiger partial charge in [-0.05, 0) is 85.1 Å². The van der Waals surface area contributed by atoms with E-state index < -0.39 is 0 Å². The molecule has 0 amide bonds. The van der Waals surface area contributed by atoms with Gasteiger partial charge in [-0.2, -0.15) is 5.10 Å². The van der Waals surface area contributed by atoms with E-state index >= 15 is 0 Å². The first-order valence-corrected chi connectivity index (χ1v) is 13.0. The third-order valence-electron chi connectivity index (χ3n) is 6.41. The smallest absolute Gasteiger partial charge is 0.150 e. The highest BCUT2D eigenvalue weighted by Crippen LogP contribution is 2.40. The molecule has 7 nitrogen and oxygen atoms in total. The number of piperidine rings is 1. The summed E-state index contributed by atoms with van der Waals surface area (Å²) >= 11 is 1.80. The number of hydrogen-bond acceptors (Lipinski definition) is 7. The average Bonchev–Trinajstić information content (AvgIpc) is 3.42. The van der Waals surface area contributed by atoms with E-state index in [9.17, 15) is 0 Å². The van der Waals surface area contributed by atoms with Crippen molar-refractivity contribution in [2.45, 2.75) is 70.7 Å². The molecule has 0 radical (unpaired) electrons. The molecule has 0 bridgehead atoms. The largest absolute Gasteiger partial charge is 0.381 e. The SMILES string of the molecule is CN1CCC(Nc2cc(NC(C)(C)C)nc3cc(-c4ccnn4C4CCCCO4)sc23)CC1. The van der Waals surface area contributed by atoms with Crippen LogP contribution in [0.15, 0.2) is 24.4 Å². The maximum absolute atomic E-state index is 6.03. The Balaban J connectivity index is 1.51. The van der Waals surface area contributed by atoms with E-state index in [1.165, 1.54) is 21.7 Å². The van der Waals surface area contributed by atoms with E-state index in [2.05, 4.69) is 71.3 Å². The monoisotopic (exact) mass is 468 g/mol. The number of pyridine rings is 1. The number of likely N-dealkylation sites (tertiary alicyclic amines) is 1. The molecule has 0 aliphatic carbocycles. The highest BCUT2D eigenvalue weighted by molar-refractivity contribution is 7.22. The summed E-state index contributed by atoms with van der Waals surface area (Å²) in [5, 5.41) is 12.1. The maximum atomic E-state index is 6.03. The topological polar surface area (TPSA) is 67.2 Å². The number of hydrogen-bond donors (Lipinski definition) is 2. The van der Waals surface area contributed by atoms with E-state index in [0.29, 0.717) is 6.04 Å². The van der Waals surface area contributed by atoms with E-state index in [-0.39, 0.29) is 11.8 Å². The minimum Gasteiger partial charge on any atom is -0.381 e. The molecule has 178 valence electrons. The molecule has 3 aromatic rings. The van der Waals surface area contributed by atoms with Crippen LogP contribution in [0.5, 0.6) is 0 Å². The van der Waals surface area contributed by atoms with E-state index in [0.717, 1.165) is 62.4 Å². The van der Waals surface area contributed by atoms with Gasteiger partial charge in [0.15, 0.2) is 6.23 Å². The molecule has 2 saturated heterocycles. The predicted octanol–water partition coefficient (Wildman–Crippen LogP) is 5.58. The third kappa shape index (κ3) is 5.18. The van der Waals surface area contributed by atoms with Crippen molar-refractivity contribution in [1.29, 1.82) is 0 Å². The van der Waals surface area contributed by atoms with Crippen molar-refractivity contribution in [3.05, 3.63) is 24.4 Å². The second kappa shape index (κ2) is 9.24. The number of thiophene rings is 1. The molecule has 8 heteroatoms. The number of rotatable bonds is 5. The van der Waals surface area contributed by atoms with Crippen molar-refractivity contribution in [2.24, 2.45) is 0 Å². The molecule has 1 atom stereocenters. The lowest BCUT2D eigenvalue weighted by Crippen LogP contribution is -2.36. The maximum Gasteiger partial charge on any atom is 0.150 e. The Kier molecular flexibility index (Phi) is 6.33. The Morgan fingerprint density at radius 1 is 1.12 bits per heavy atom. The fourth-order valence-electron chi connectivity index (χ4n) is 4.73. The third-order valence-corrected chi connectivity index (χ3v) is 7.59. The minimum atomic E-state index is -0.0543.